The van der Waals surface area contributed by atoms with Crippen molar-refractivity contribution in [3.8, 4) is 5.88 Å². The summed E-state index contributed by atoms with van der Waals surface area (Å²) in [5.74, 6) is -0.596. The summed E-state index contributed by atoms with van der Waals surface area (Å²) < 4.78 is 44.7. The molecule has 0 radical (unpaired) electrons. The van der Waals surface area contributed by atoms with Crippen molar-refractivity contribution < 1.29 is 17.9 Å². The van der Waals surface area contributed by atoms with Crippen molar-refractivity contribution >= 4 is 17.5 Å². The van der Waals surface area contributed by atoms with Crippen LogP contribution in [0.15, 0.2) is 30.3 Å². The van der Waals surface area contributed by atoms with Crippen LogP contribution in [0.1, 0.15) is 17.2 Å². The molecule has 0 bridgehead atoms. The largest absolute Gasteiger partial charge is 0.460 e. The van der Waals surface area contributed by atoms with Crippen molar-refractivity contribution in [3.05, 3.63) is 46.6 Å². The number of nitrogen functional groups attached to an aromatic ring is 1. The van der Waals surface area contributed by atoms with Crippen LogP contribution in [0.5, 0.6) is 5.88 Å². The SMILES string of the molecule is Cc1ccccc1C(Oc1cc(Cl)nc(N)n1)C(F)(F)F. The van der Waals surface area contributed by atoms with Crippen LogP contribution in [0.2, 0.25) is 5.15 Å². The Morgan fingerprint density at radius 2 is 1.90 bits per heavy atom. The number of benzene rings is 1. The number of halogens is 4. The lowest BCUT2D eigenvalue weighted by Crippen LogP contribution is -2.27. The van der Waals surface area contributed by atoms with E-state index in [0.29, 0.717) is 5.56 Å². The van der Waals surface area contributed by atoms with E-state index in [4.69, 9.17) is 22.1 Å². The predicted molar refractivity (Wildman–Crippen MR) is 72.1 cm³/mol. The third-order valence-corrected chi connectivity index (χ3v) is 2.89. The average Bonchev–Trinajstić information content (AvgIpc) is 2.34. The van der Waals surface area contributed by atoms with Gasteiger partial charge in [-0.05, 0) is 12.5 Å². The summed E-state index contributed by atoms with van der Waals surface area (Å²) in [5.41, 5.74) is 5.80. The highest BCUT2D eigenvalue weighted by Crippen LogP contribution is 2.37. The Morgan fingerprint density at radius 3 is 2.48 bits per heavy atom. The number of alkyl halides is 3. The van der Waals surface area contributed by atoms with E-state index in [1.165, 1.54) is 12.1 Å². The van der Waals surface area contributed by atoms with Crippen molar-refractivity contribution in [1.82, 2.24) is 9.97 Å². The zero-order chi connectivity index (χ0) is 15.6. The molecule has 4 nitrogen and oxygen atoms in total. The molecule has 21 heavy (non-hydrogen) atoms. The third-order valence-electron chi connectivity index (χ3n) is 2.70. The molecular formula is C13H11ClF3N3O. The normalized spacial score (nSPS) is 13.0. The van der Waals surface area contributed by atoms with Crippen molar-refractivity contribution in [1.29, 1.82) is 0 Å². The first-order valence-corrected chi connectivity index (χ1v) is 6.24. The number of aryl methyl sites for hydroxylation is 1. The van der Waals surface area contributed by atoms with Gasteiger partial charge in [0.15, 0.2) is 0 Å². The lowest BCUT2D eigenvalue weighted by atomic mass is 10.0. The highest BCUT2D eigenvalue weighted by atomic mass is 35.5. The van der Waals surface area contributed by atoms with Crippen LogP contribution in [-0.2, 0) is 0 Å². The van der Waals surface area contributed by atoms with Gasteiger partial charge in [0.1, 0.15) is 5.15 Å². The molecule has 1 aromatic heterocycles. The number of nitrogens with two attached hydrogens (primary N) is 1. The second kappa shape index (κ2) is 5.77. The monoisotopic (exact) mass is 317 g/mol. The summed E-state index contributed by atoms with van der Waals surface area (Å²) >= 11 is 5.63. The fourth-order valence-corrected chi connectivity index (χ4v) is 1.96. The minimum absolute atomic E-state index is 0.00157. The van der Waals surface area contributed by atoms with E-state index < -0.39 is 12.3 Å². The summed E-state index contributed by atoms with van der Waals surface area (Å²) in [5, 5.41) is -0.0943. The summed E-state index contributed by atoms with van der Waals surface area (Å²) in [6.07, 6.45) is -6.78. The lowest BCUT2D eigenvalue weighted by molar-refractivity contribution is -0.198. The Kier molecular flexibility index (Phi) is 4.22. The van der Waals surface area contributed by atoms with E-state index in [2.05, 4.69) is 9.97 Å². The maximum atomic E-state index is 13.2. The van der Waals surface area contributed by atoms with Crippen LogP contribution >= 0.6 is 11.6 Å². The fourth-order valence-electron chi connectivity index (χ4n) is 1.78. The third kappa shape index (κ3) is 3.75. The number of hydrogen-bond donors (Lipinski definition) is 1. The van der Waals surface area contributed by atoms with Gasteiger partial charge in [-0.1, -0.05) is 35.9 Å². The fraction of sp³-hybridized carbons (Fsp3) is 0.231. The first-order valence-electron chi connectivity index (χ1n) is 5.86. The van der Waals surface area contributed by atoms with Crippen LogP contribution in [0, 0.1) is 6.92 Å². The number of aromatic nitrogens is 2. The van der Waals surface area contributed by atoms with Crippen LogP contribution in [0.4, 0.5) is 19.1 Å². The zero-order valence-corrected chi connectivity index (χ0v) is 11.6. The molecule has 0 aliphatic rings. The Balaban J connectivity index is 2.41. The molecule has 2 rings (SSSR count). The highest BCUT2D eigenvalue weighted by Gasteiger charge is 2.44. The molecule has 2 aromatic rings. The predicted octanol–water partition coefficient (Wildman–Crippen LogP) is 3.70. The summed E-state index contributed by atoms with van der Waals surface area (Å²) in [6.45, 7) is 1.57. The average molecular weight is 318 g/mol. The van der Waals surface area contributed by atoms with Crippen LogP contribution in [-0.4, -0.2) is 16.1 Å². The molecule has 0 amide bonds. The maximum Gasteiger partial charge on any atom is 0.429 e. The van der Waals surface area contributed by atoms with Gasteiger partial charge in [0, 0.05) is 11.6 Å². The number of nitrogens with zero attached hydrogens (tertiary/aromatic N) is 2. The quantitative estimate of drug-likeness (QED) is 0.877. The van der Waals surface area contributed by atoms with Crippen LogP contribution in [0.25, 0.3) is 0 Å². The smallest absolute Gasteiger partial charge is 0.429 e. The molecule has 1 aromatic carbocycles. The Bertz CT molecular complexity index is 629. The second-order valence-corrected chi connectivity index (χ2v) is 4.67. The van der Waals surface area contributed by atoms with Gasteiger partial charge >= 0.3 is 6.18 Å². The molecule has 2 N–H and O–H groups in total. The lowest BCUT2D eigenvalue weighted by Gasteiger charge is -2.23. The first-order chi connectivity index (χ1) is 9.77. The standard InChI is InChI=1S/C13H11ClF3N3O/c1-7-4-2-3-5-8(7)11(13(15,16)17)21-10-6-9(14)19-12(18)20-10/h2-6,11H,1H3,(H2,18,19,20). The molecule has 1 unspecified atom stereocenters. The van der Waals surface area contributed by atoms with Crippen molar-refractivity contribution in [3.63, 3.8) is 0 Å². The molecule has 0 aliphatic carbocycles. The molecule has 8 heteroatoms. The first kappa shape index (κ1) is 15.4. The molecule has 112 valence electrons. The van der Waals surface area contributed by atoms with Gasteiger partial charge in [-0.3, -0.25) is 0 Å². The molecule has 1 heterocycles. The number of anilines is 1. The summed E-state index contributed by atoms with van der Waals surface area (Å²) in [7, 11) is 0. The van der Waals surface area contributed by atoms with Gasteiger partial charge < -0.3 is 10.5 Å². The molecule has 0 spiro atoms. The van der Waals surface area contributed by atoms with Crippen molar-refractivity contribution in [2.24, 2.45) is 0 Å². The van der Waals surface area contributed by atoms with Gasteiger partial charge in [-0.15, -0.1) is 0 Å². The molecule has 0 saturated heterocycles. The number of rotatable bonds is 3. The highest BCUT2D eigenvalue weighted by molar-refractivity contribution is 6.29. The molecular weight excluding hydrogens is 307 g/mol. The minimum Gasteiger partial charge on any atom is -0.460 e. The van der Waals surface area contributed by atoms with Crippen molar-refractivity contribution in [2.45, 2.75) is 19.2 Å². The summed E-state index contributed by atoms with van der Waals surface area (Å²) in [4.78, 5) is 7.17. The van der Waals surface area contributed by atoms with Gasteiger partial charge in [0.05, 0.1) is 0 Å². The molecule has 0 saturated carbocycles. The van der Waals surface area contributed by atoms with Crippen molar-refractivity contribution in [2.75, 3.05) is 5.73 Å². The van der Waals surface area contributed by atoms with Crippen LogP contribution < -0.4 is 10.5 Å². The van der Waals surface area contributed by atoms with E-state index in [-0.39, 0.29) is 22.5 Å². The van der Waals surface area contributed by atoms with E-state index in [1.807, 2.05) is 0 Å². The van der Waals surface area contributed by atoms with E-state index >= 15 is 0 Å². The molecule has 0 fully saturated rings. The zero-order valence-electron chi connectivity index (χ0n) is 10.9. The maximum absolute atomic E-state index is 13.2. The number of hydrogen-bond acceptors (Lipinski definition) is 4. The Hall–Kier alpha value is -2.02. The van der Waals surface area contributed by atoms with Gasteiger partial charge in [0.25, 0.3) is 0 Å². The molecule has 0 aliphatic heterocycles. The van der Waals surface area contributed by atoms with E-state index in [9.17, 15) is 13.2 Å². The van der Waals surface area contributed by atoms with E-state index in [1.54, 1.807) is 19.1 Å². The topological polar surface area (TPSA) is 61.0 Å². The Morgan fingerprint density at radius 1 is 1.24 bits per heavy atom. The minimum atomic E-state index is -4.61. The van der Waals surface area contributed by atoms with Gasteiger partial charge in [-0.2, -0.15) is 18.2 Å². The number of ether oxygens (including phenoxy) is 1. The summed E-state index contributed by atoms with van der Waals surface area (Å²) in [6, 6.07) is 7.14. The van der Waals surface area contributed by atoms with Crippen LogP contribution in [0.3, 0.4) is 0 Å². The molecule has 1 atom stereocenters. The van der Waals surface area contributed by atoms with Gasteiger partial charge in [-0.25, -0.2) is 4.98 Å². The van der Waals surface area contributed by atoms with E-state index in [0.717, 1.165) is 6.07 Å². The second-order valence-electron chi connectivity index (χ2n) is 4.28. The van der Waals surface area contributed by atoms with Gasteiger partial charge in [0.2, 0.25) is 17.9 Å². The Labute approximate surface area is 123 Å².